The fourth-order valence-corrected chi connectivity index (χ4v) is 0.852. The van der Waals surface area contributed by atoms with Crippen LogP contribution in [-0.2, 0) is 4.79 Å². The van der Waals surface area contributed by atoms with Gasteiger partial charge in [-0.1, -0.05) is 0 Å². The fraction of sp³-hybridized carbons (Fsp3) is 0.111. The lowest BCUT2D eigenvalue weighted by atomic mass is 10.3. The van der Waals surface area contributed by atoms with Crippen molar-refractivity contribution in [2.24, 2.45) is 0 Å². The molecular weight excluding hydrogens is 198 g/mol. The van der Waals surface area contributed by atoms with Gasteiger partial charge in [0, 0.05) is 12.6 Å². The summed E-state index contributed by atoms with van der Waals surface area (Å²) < 4.78 is 0. The van der Waals surface area contributed by atoms with E-state index in [2.05, 4.69) is 16.2 Å². The number of hydrogen-bond donors (Lipinski definition) is 4. The van der Waals surface area contributed by atoms with Crippen LogP contribution in [0.25, 0.3) is 0 Å². The predicted octanol–water partition coefficient (Wildman–Crippen LogP) is 0.565. The van der Waals surface area contributed by atoms with Gasteiger partial charge >= 0.3 is 6.03 Å². The Kier molecular flexibility index (Phi) is 3.50. The summed E-state index contributed by atoms with van der Waals surface area (Å²) in [7, 11) is 0. The van der Waals surface area contributed by atoms with Crippen LogP contribution >= 0.6 is 0 Å². The van der Waals surface area contributed by atoms with Gasteiger partial charge in [0.15, 0.2) is 0 Å². The van der Waals surface area contributed by atoms with Gasteiger partial charge < -0.3 is 10.4 Å². The maximum Gasteiger partial charge on any atom is 0.337 e. The van der Waals surface area contributed by atoms with Gasteiger partial charge in [-0.05, 0) is 24.3 Å². The van der Waals surface area contributed by atoms with E-state index in [4.69, 9.17) is 5.11 Å². The van der Waals surface area contributed by atoms with Crippen LogP contribution in [0.3, 0.4) is 0 Å². The number of phenols is 1. The Hall–Kier alpha value is -2.24. The Bertz CT molecular complexity index is 361. The lowest BCUT2D eigenvalue weighted by Crippen LogP contribution is -2.42. The van der Waals surface area contributed by atoms with Crippen molar-refractivity contribution in [2.75, 3.05) is 5.32 Å². The van der Waals surface area contributed by atoms with Gasteiger partial charge in [0.2, 0.25) is 5.91 Å². The first-order valence-corrected chi connectivity index (χ1v) is 4.20. The largest absolute Gasteiger partial charge is 0.508 e. The maximum atomic E-state index is 11.1. The van der Waals surface area contributed by atoms with Gasteiger partial charge in [-0.3, -0.25) is 10.2 Å². The molecule has 0 spiro atoms. The Morgan fingerprint density at radius 2 is 1.73 bits per heavy atom. The minimum Gasteiger partial charge on any atom is -0.508 e. The molecule has 0 aliphatic carbocycles. The molecule has 0 atom stereocenters. The van der Waals surface area contributed by atoms with Crippen LogP contribution in [0.2, 0.25) is 0 Å². The van der Waals surface area contributed by atoms with Crippen molar-refractivity contribution in [3.63, 3.8) is 0 Å². The zero-order valence-corrected chi connectivity index (χ0v) is 8.07. The van der Waals surface area contributed by atoms with E-state index in [1.807, 2.05) is 0 Å². The molecule has 3 amide bonds. The summed E-state index contributed by atoms with van der Waals surface area (Å²) in [4.78, 5) is 21.6. The average Bonchev–Trinajstić information content (AvgIpc) is 2.19. The van der Waals surface area contributed by atoms with E-state index in [9.17, 15) is 9.59 Å². The van der Waals surface area contributed by atoms with Gasteiger partial charge in [0.1, 0.15) is 5.75 Å². The SMILES string of the molecule is CC(=O)NNC(=O)Nc1ccc(O)cc1. The van der Waals surface area contributed by atoms with E-state index in [1.165, 1.54) is 31.2 Å². The van der Waals surface area contributed by atoms with E-state index in [0.29, 0.717) is 5.69 Å². The molecule has 6 heteroatoms. The number of phenolic OH excluding ortho intramolecular Hbond substituents is 1. The molecule has 6 nitrogen and oxygen atoms in total. The molecule has 4 N–H and O–H groups in total. The summed E-state index contributed by atoms with van der Waals surface area (Å²) in [6, 6.07) is 5.38. The Labute approximate surface area is 86.3 Å². The molecule has 0 saturated carbocycles. The number of hydrogen-bond acceptors (Lipinski definition) is 3. The highest BCUT2D eigenvalue weighted by Crippen LogP contribution is 2.13. The summed E-state index contributed by atoms with van der Waals surface area (Å²) in [5.74, 6) is -0.251. The van der Waals surface area contributed by atoms with Crippen molar-refractivity contribution in [3.05, 3.63) is 24.3 Å². The van der Waals surface area contributed by atoms with Crippen molar-refractivity contribution >= 4 is 17.6 Å². The minimum atomic E-state index is -0.559. The standard InChI is InChI=1S/C9H11N3O3/c1-6(13)11-12-9(15)10-7-2-4-8(14)5-3-7/h2-5,14H,1H3,(H,11,13)(H2,10,12,15). The van der Waals surface area contributed by atoms with Gasteiger partial charge in [0.25, 0.3) is 0 Å². The molecule has 15 heavy (non-hydrogen) atoms. The predicted molar refractivity (Wildman–Crippen MR) is 54.1 cm³/mol. The summed E-state index contributed by atoms with van der Waals surface area (Å²) >= 11 is 0. The third-order valence-electron chi connectivity index (χ3n) is 1.48. The van der Waals surface area contributed by atoms with Crippen LogP contribution in [0.1, 0.15) is 6.92 Å². The molecule has 0 unspecified atom stereocenters. The number of anilines is 1. The van der Waals surface area contributed by atoms with Gasteiger partial charge in [0.05, 0.1) is 0 Å². The molecule has 1 rings (SSSR count). The molecule has 1 aromatic rings. The number of hydrazine groups is 1. The van der Waals surface area contributed by atoms with Gasteiger partial charge in [-0.25, -0.2) is 10.2 Å². The number of carbonyl (C=O) groups is 2. The van der Waals surface area contributed by atoms with Crippen LogP contribution in [0.5, 0.6) is 5.75 Å². The molecule has 0 aromatic heterocycles. The highest BCUT2D eigenvalue weighted by atomic mass is 16.3. The van der Waals surface area contributed by atoms with Crippen molar-refractivity contribution in [2.45, 2.75) is 6.92 Å². The molecule has 1 aromatic carbocycles. The number of benzene rings is 1. The van der Waals surface area contributed by atoms with Crippen LogP contribution < -0.4 is 16.2 Å². The second-order valence-electron chi connectivity index (χ2n) is 2.81. The Balaban J connectivity index is 2.44. The zero-order valence-electron chi connectivity index (χ0n) is 8.07. The second kappa shape index (κ2) is 4.85. The van der Waals surface area contributed by atoms with E-state index in [-0.39, 0.29) is 11.7 Å². The van der Waals surface area contributed by atoms with Crippen molar-refractivity contribution in [3.8, 4) is 5.75 Å². The third-order valence-corrected chi connectivity index (χ3v) is 1.48. The van der Waals surface area contributed by atoms with Crippen LogP contribution in [0.4, 0.5) is 10.5 Å². The first-order valence-electron chi connectivity index (χ1n) is 4.20. The van der Waals surface area contributed by atoms with E-state index >= 15 is 0 Å². The molecular formula is C9H11N3O3. The van der Waals surface area contributed by atoms with Gasteiger partial charge in [-0.15, -0.1) is 0 Å². The average molecular weight is 209 g/mol. The number of nitrogens with one attached hydrogen (secondary N) is 3. The molecule has 0 radical (unpaired) electrons. The van der Waals surface area contributed by atoms with E-state index < -0.39 is 6.03 Å². The first-order chi connectivity index (χ1) is 7.08. The summed E-state index contributed by atoms with van der Waals surface area (Å²) in [6.07, 6.45) is 0. The highest BCUT2D eigenvalue weighted by molar-refractivity contribution is 5.90. The molecule has 0 bridgehead atoms. The Morgan fingerprint density at radius 1 is 1.13 bits per heavy atom. The fourth-order valence-electron chi connectivity index (χ4n) is 0.852. The number of amides is 3. The van der Waals surface area contributed by atoms with E-state index in [0.717, 1.165) is 0 Å². The van der Waals surface area contributed by atoms with Crippen molar-refractivity contribution in [1.29, 1.82) is 0 Å². The lowest BCUT2D eigenvalue weighted by molar-refractivity contribution is -0.119. The van der Waals surface area contributed by atoms with Crippen molar-refractivity contribution in [1.82, 2.24) is 10.9 Å². The summed E-state index contributed by atoms with van der Waals surface area (Å²) in [6.45, 7) is 1.28. The number of aromatic hydroxyl groups is 1. The summed E-state index contributed by atoms with van der Waals surface area (Å²) in [5.41, 5.74) is 4.77. The third kappa shape index (κ3) is 3.99. The summed E-state index contributed by atoms with van der Waals surface area (Å²) in [5, 5.41) is 11.4. The molecule has 0 heterocycles. The molecule has 0 fully saturated rings. The highest BCUT2D eigenvalue weighted by Gasteiger charge is 2.00. The topological polar surface area (TPSA) is 90.5 Å². The Morgan fingerprint density at radius 3 is 2.27 bits per heavy atom. The van der Waals surface area contributed by atoms with Crippen LogP contribution in [0, 0.1) is 0 Å². The first kappa shape index (κ1) is 10.8. The monoisotopic (exact) mass is 209 g/mol. The number of carbonyl (C=O) groups excluding carboxylic acids is 2. The molecule has 0 aliphatic heterocycles. The van der Waals surface area contributed by atoms with Crippen LogP contribution in [-0.4, -0.2) is 17.0 Å². The minimum absolute atomic E-state index is 0.114. The number of urea groups is 1. The molecule has 80 valence electrons. The maximum absolute atomic E-state index is 11.1. The smallest absolute Gasteiger partial charge is 0.337 e. The van der Waals surface area contributed by atoms with Crippen molar-refractivity contribution < 1.29 is 14.7 Å². The quantitative estimate of drug-likeness (QED) is 0.402. The second-order valence-corrected chi connectivity index (χ2v) is 2.81. The number of rotatable bonds is 1. The molecule has 0 aliphatic rings. The molecule has 0 saturated heterocycles. The lowest BCUT2D eigenvalue weighted by Gasteiger charge is -2.07. The van der Waals surface area contributed by atoms with E-state index in [1.54, 1.807) is 0 Å². The normalized spacial score (nSPS) is 9.13. The zero-order chi connectivity index (χ0) is 11.3. The van der Waals surface area contributed by atoms with Crippen LogP contribution in [0.15, 0.2) is 24.3 Å². The van der Waals surface area contributed by atoms with Gasteiger partial charge in [-0.2, -0.15) is 0 Å².